The molecule has 2 aromatic carbocycles. The van der Waals surface area contributed by atoms with Crippen molar-refractivity contribution >= 4 is 46.0 Å². The number of halogens is 1. The molecule has 194 valence electrons. The average molecular weight is 634 g/mol. The number of phenolic OH excluding ortho intramolecular Hbond substituents is 1. The smallest absolute Gasteiger partial charge is 0.338 e. The predicted octanol–water partition coefficient (Wildman–Crippen LogP) is 3.90. The number of hydrogen-bond donors (Lipinski definition) is 1. The predicted molar refractivity (Wildman–Crippen MR) is 150 cm³/mol. The molecule has 1 N–H and O–H groups in total. The number of allylic oxidation sites excluding steroid dienone is 1. The minimum atomic E-state index is -0.776. The van der Waals surface area contributed by atoms with Crippen molar-refractivity contribution in [2.75, 3.05) is 13.7 Å². The Hall–Kier alpha value is -3.12. The number of benzene rings is 2. The summed E-state index contributed by atoms with van der Waals surface area (Å²) in [6.45, 7) is 7.51. The van der Waals surface area contributed by atoms with Crippen molar-refractivity contribution < 1.29 is 24.1 Å². The summed E-state index contributed by atoms with van der Waals surface area (Å²) >= 11 is 3.24. The van der Waals surface area contributed by atoms with Crippen LogP contribution in [0.25, 0.3) is 6.08 Å². The molecule has 0 saturated carbocycles. The van der Waals surface area contributed by atoms with Gasteiger partial charge in [0.1, 0.15) is 11.8 Å². The van der Waals surface area contributed by atoms with E-state index in [-0.39, 0.29) is 24.0 Å². The Labute approximate surface area is 231 Å². The lowest BCUT2D eigenvalue weighted by atomic mass is 9.95. The Morgan fingerprint density at radius 3 is 2.68 bits per heavy atom. The summed E-state index contributed by atoms with van der Waals surface area (Å²) in [5, 5.41) is 10.2. The molecule has 4 rings (SSSR count). The Morgan fingerprint density at radius 1 is 1.27 bits per heavy atom. The van der Waals surface area contributed by atoms with Gasteiger partial charge in [0.15, 0.2) is 16.3 Å². The first-order chi connectivity index (χ1) is 17.7. The molecule has 10 heteroatoms. The highest BCUT2D eigenvalue weighted by molar-refractivity contribution is 14.1. The van der Waals surface area contributed by atoms with Crippen LogP contribution in [-0.4, -0.2) is 35.5 Å². The Bertz CT molecular complexity index is 1570. The van der Waals surface area contributed by atoms with E-state index in [2.05, 4.69) is 4.99 Å². The van der Waals surface area contributed by atoms with Gasteiger partial charge in [0.2, 0.25) is 0 Å². The van der Waals surface area contributed by atoms with Crippen molar-refractivity contribution in [3.05, 3.63) is 82.1 Å². The van der Waals surface area contributed by atoms with Crippen LogP contribution in [0.15, 0.2) is 57.5 Å². The van der Waals surface area contributed by atoms with Gasteiger partial charge in [-0.1, -0.05) is 29.5 Å². The van der Waals surface area contributed by atoms with E-state index in [0.29, 0.717) is 46.8 Å². The highest BCUT2D eigenvalue weighted by Crippen LogP contribution is 2.36. The monoisotopic (exact) mass is 634 g/mol. The molecule has 0 aliphatic carbocycles. The van der Waals surface area contributed by atoms with Gasteiger partial charge in [-0.2, -0.15) is 0 Å². The van der Waals surface area contributed by atoms with E-state index in [1.54, 1.807) is 32.1 Å². The topological polar surface area (TPSA) is 99.4 Å². The van der Waals surface area contributed by atoms with Gasteiger partial charge in [-0.3, -0.25) is 9.36 Å². The highest BCUT2D eigenvalue weighted by atomic mass is 127. The van der Waals surface area contributed by atoms with Crippen molar-refractivity contribution in [1.29, 1.82) is 0 Å². The number of hydrogen-bond acceptors (Lipinski definition) is 8. The molecule has 2 heterocycles. The second-order valence-corrected chi connectivity index (χ2v) is 10.7. The zero-order chi connectivity index (χ0) is 26.9. The third-order valence-electron chi connectivity index (χ3n) is 5.66. The minimum absolute atomic E-state index is 0.0400. The van der Waals surface area contributed by atoms with E-state index in [4.69, 9.17) is 14.2 Å². The van der Waals surface area contributed by atoms with Crippen LogP contribution in [0.1, 0.15) is 44.9 Å². The van der Waals surface area contributed by atoms with Crippen LogP contribution in [0.5, 0.6) is 17.2 Å². The number of carbonyl (C=O) groups excluding carboxylic acids is 1. The van der Waals surface area contributed by atoms with Crippen LogP contribution < -0.4 is 24.4 Å². The van der Waals surface area contributed by atoms with E-state index >= 15 is 0 Å². The number of aromatic hydroxyl groups is 1. The lowest BCUT2D eigenvalue weighted by molar-refractivity contribution is -0.139. The fraction of sp³-hybridized carbons (Fsp3) is 0.296. The number of fused-ring (bicyclic) bond motifs is 1. The maximum Gasteiger partial charge on any atom is 0.338 e. The average Bonchev–Trinajstić information content (AvgIpc) is 3.14. The zero-order valence-electron chi connectivity index (χ0n) is 21.1. The van der Waals surface area contributed by atoms with Gasteiger partial charge >= 0.3 is 5.97 Å². The van der Waals surface area contributed by atoms with Crippen molar-refractivity contribution in [3.8, 4) is 17.2 Å². The quantitative estimate of drug-likeness (QED) is 0.313. The van der Waals surface area contributed by atoms with Gasteiger partial charge < -0.3 is 19.3 Å². The van der Waals surface area contributed by atoms with Gasteiger partial charge in [-0.25, -0.2) is 9.79 Å². The normalized spacial score (nSPS) is 15.4. The molecule has 0 spiro atoms. The number of para-hydroxylation sites is 1. The molecular formula is C27H27IN2O6S. The van der Waals surface area contributed by atoms with Gasteiger partial charge in [-0.15, -0.1) is 0 Å². The first kappa shape index (κ1) is 26.9. The molecule has 0 bridgehead atoms. The summed E-state index contributed by atoms with van der Waals surface area (Å²) in [7, 11) is 1.47. The fourth-order valence-corrected chi connectivity index (χ4v) is 5.81. The number of rotatable bonds is 7. The third kappa shape index (κ3) is 5.30. The van der Waals surface area contributed by atoms with Gasteiger partial charge in [0, 0.05) is 5.56 Å². The van der Waals surface area contributed by atoms with Crippen molar-refractivity contribution in [3.63, 3.8) is 0 Å². The van der Waals surface area contributed by atoms with Crippen molar-refractivity contribution in [1.82, 2.24) is 4.57 Å². The number of aromatic nitrogens is 1. The molecule has 0 saturated heterocycles. The number of thiazole rings is 1. The lowest BCUT2D eigenvalue weighted by Crippen LogP contribution is -2.40. The first-order valence-corrected chi connectivity index (χ1v) is 13.6. The van der Waals surface area contributed by atoms with E-state index in [0.717, 1.165) is 0 Å². The molecule has 1 atom stereocenters. The van der Waals surface area contributed by atoms with Crippen LogP contribution in [-0.2, 0) is 9.53 Å². The SMILES string of the molecule is CCOC(=O)C1=C(C)N=c2s/c(=C/c3cc(I)c(O)c(OC)c3)c(=O)n2[C@@H]1c1ccccc1OC(C)C. The van der Waals surface area contributed by atoms with Crippen LogP contribution >= 0.6 is 33.9 Å². The Morgan fingerprint density at radius 2 is 2.00 bits per heavy atom. The van der Waals surface area contributed by atoms with Crippen LogP contribution in [0, 0.1) is 3.57 Å². The molecule has 1 aromatic heterocycles. The maximum atomic E-state index is 13.9. The molecule has 37 heavy (non-hydrogen) atoms. The minimum Gasteiger partial charge on any atom is -0.504 e. The molecule has 0 amide bonds. The second kappa shape index (κ2) is 11.1. The summed E-state index contributed by atoms with van der Waals surface area (Å²) in [6.07, 6.45) is 1.62. The van der Waals surface area contributed by atoms with Crippen LogP contribution in [0.4, 0.5) is 0 Å². The largest absolute Gasteiger partial charge is 0.504 e. The number of ether oxygens (including phenoxy) is 3. The van der Waals surface area contributed by atoms with E-state index < -0.39 is 12.0 Å². The second-order valence-electron chi connectivity index (χ2n) is 8.56. The summed E-state index contributed by atoms with van der Waals surface area (Å²) in [5.74, 6) is 0.397. The van der Waals surface area contributed by atoms with E-state index in [1.807, 2.05) is 60.7 Å². The van der Waals surface area contributed by atoms with Crippen LogP contribution in [0.2, 0.25) is 0 Å². The number of carbonyl (C=O) groups is 1. The number of nitrogens with zero attached hydrogens (tertiary/aromatic N) is 2. The maximum absolute atomic E-state index is 13.9. The fourth-order valence-electron chi connectivity index (χ4n) is 4.14. The van der Waals surface area contributed by atoms with Gasteiger partial charge in [-0.05, 0) is 80.1 Å². The molecular weight excluding hydrogens is 607 g/mol. The Balaban J connectivity index is 1.98. The highest BCUT2D eigenvalue weighted by Gasteiger charge is 2.35. The number of methoxy groups -OCH3 is 1. The molecule has 0 radical (unpaired) electrons. The number of phenols is 1. The van der Waals surface area contributed by atoms with E-state index in [9.17, 15) is 14.7 Å². The number of esters is 1. The van der Waals surface area contributed by atoms with E-state index in [1.165, 1.54) is 23.0 Å². The van der Waals surface area contributed by atoms with Crippen molar-refractivity contribution in [2.45, 2.75) is 39.8 Å². The molecule has 1 aliphatic heterocycles. The molecule has 0 unspecified atom stereocenters. The molecule has 8 nitrogen and oxygen atoms in total. The standard InChI is InChI=1S/C27H27IN2O6S/c1-6-35-26(33)22-15(4)29-27-30(23(22)17-9-7-8-10-19(17)36-14(2)3)25(32)21(37-27)13-16-11-18(28)24(31)20(12-16)34-5/h7-14,23,31H,6H2,1-5H3/b21-13+/t23-/m1/s1. The van der Waals surface area contributed by atoms with Gasteiger partial charge in [0.05, 0.1) is 39.2 Å². The molecule has 3 aromatic rings. The lowest BCUT2D eigenvalue weighted by Gasteiger charge is -2.26. The van der Waals surface area contributed by atoms with Gasteiger partial charge in [0.25, 0.3) is 5.56 Å². The first-order valence-electron chi connectivity index (χ1n) is 11.7. The summed E-state index contributed by atoms with van der Waals surface area (Å²) < 4.78 is 19.3. The zero-order valence-corrected chi connectivity index (χ0v) is 24.0. The summed E-state index contributed by atoms with van der Waals surface area (Å²) in [4.78, 5) is 32.1. The summed E-state index contributed by atoms with van der Waals surface area (Å²) in [5.41, 5.74) is 1.83. The summed E-state index contributed by atoms with van der Waals surface area (Å²) in [6, 6.07) is 10.0. The van der Waals surface area contributed by atoms with Crippen LogP contribution in [0.3, 0.4) is 0 Å². The molecule has 0 fully saturated rings. The third-order valence-corrected chi connectivity index (χ3v) is 7.47. The van der Waals surface area contributed by atoms with Crippen molar-refractivity contribution in [2.24, 2.45) is 4.99 Å². The Kier molecular flexibility index (Phi) is 8.08. The molecule has 1 aliphatic rings.